The van der Waals surface area contributed by atoms with Crippen LogP contribution in [-0.2, 0) is 21.2 Å². The SMILES string of the molecule is COc1ccc(C)cc1CCNC(=O)c1ccc(S(=O)(=O)N2CCOCC2)cc1. The van der Waals surface area contributed by atoms with Gasteiger partial charge in [-0.05, 0) is 49.2 Å². The smallest absolute Gasteiger partial charge is 0.251 e. The second-order valence-electron chi connectivity index (χ2n) is 6.86. The molecule has 0 aromatic heterocycles. The Morgan fingerprint density at radius 2 is 1.83 bits per heavy atom. The van der Waals surface area contributed by atoms with Crippen molar-refractivity contribution in [3.63, 3.8) is 0 Å². The number of ether oxygens (including phenoxy) is 2. The van der Waals surface area contributed by atoms with Gasteiger partial charge in [-0.2, -0.15) is 4.31 Å². The zero-order valence-electron chi connectivity index (χ0n) is 16.7. The van der Waals surface area contributed by atoms with Crippen molar-refractivity contribution in [1.29, 1.82) is 0 Å². The molecule has 1 amide bonds. The summed E-state index contributed by atoms with van der Waals surface area (Å²) in [5.41, 5.74) is 2.58. The van der Waals surface area contributed by atoms with E-state index in [1.807, 2.05) is 25.1 Å². The molecule has 7 nitrogen and oxygen atoms in total. The number of carbonyl (C=O) groups excluding carboxylic acids is 1. The number of amides is 1. The van der Waals surface area contributed by atoms with Crippen molar-refractivity contribution in [2.24, 2.45) is 0 Å². The Morgan fingerprint density at radius 1 is 1.14 bits per heavy atom. The predicted octanol–water partition coefficient (Wildman–Crippen LogP) is 2.00. The summed E-state index contributed by atoms with van der Waals surface area (Å²) in [6.07, 6.45) is 0.639. The molecule has 1 N–H and O–H groups in total. The number of rotatable bonds is 7. The molecule has 0 radical (unpaired) electrons. The largest absolute Gasteiger partial charge is 0.496 e. The van der Waals surface area contributed by atoms with E-state index >= 15 is 0 Å². The number of aryl methyl sites for hydroxylation is 1. The number of morpholine rings is 1. The van der Waals surface area contributed by atoms with E-state index in [9.17, 15) is 13.2 Å². The normalized spacial score (nSPS) is 15.1. The summed E-state index contributed by atoms with van der Waals surface area (Å²) < 4.78 is 37.3. The van der Waals surface area contributed by atoms with Crippen molar-refractivity contribution in [1.82, 2.24) is 9.62 Å². The molecule has 0 spiro atoms. The van der Waals surface area contributed by atoms with Crippen molar-refractivity contribution in [3.8, 4) is 5.75 Å². The molecule has 1 aliphatic heterocycles. The highest BCUT2D eigenvalue weighted by Gasteiger charge is 2.26. The molecule has 8 heteroatoms. The first-order chi connectivity index (χ1) is 13.9. The van der Waals surface area contributed by atoms with E-state index in [0.717, 1.165) is 16.9 Å². The molecule has 2 aromatic carbocycles. The highest BCUT2D eigenvalue weighted by Crippen LogP contribution is 2.20. The fourth-order valence-electron chi connectivity index (χ4n) is 3.23. The maximum atomic E-state index is 12.6. The van der Waals surface area contributed by atoms with Gasteiger partial charge in [0.25, 0.3) is 5.91 Å². The lowest BCUT2D eigenvalue weighted by Crippen LogP contribution is -2.40. The summed E-state index contributed by atoms with van der Waals surface area (Å²) >= 11 is 0. The standard InChI is InChI=1S/C21H26N2O5S/c1-16-3-8-20(27-2)18(15-16)9-10-22-21(24)17-4-6-19(7-5-17)29(25,26)23-11-13-28-14-12-23/h3-8,15H,9-14H2,1-2H3,(H,22,24). The van der Waals surface area contributed by atoms with Crippen molar-refractivity contribution >= 4 is 15.9 Å². The third kappa shape index (κ3) is 5.14. The average molecular weight is 419 g/mol. The van der Waals surface area contributed by atoms with Crippen LogP contribution in [-0.4, -0.2) is 58.6 Å². The second-order valence-corrected chi connectivity index (χ2v) is 8.80. The van der Waals surface area contributed by atoms with E-state index in [1.54, 1.807) is 7.11 Å². The van der Waals surface area contributed by atoms with Gasteiger partial charge in [-0.1, -0.05) is 17.7 Å². The van der Waals surface area contributed by atoms with E-state index in [0.29, 0.717) is 44.8 Å². The molecule has 2 aromatic rings. The van der Waals surface area contributed by atoms with Gasteiger partial charge in [-0.15, -0.1) is 0 Å². The summed E-state index contributed by atoms with van der Waals surface area (Å²) in [7, 11) is -1.94. The van der Waals surface area contributed by atoms with E-state index in [2.05, 4.69) is 5.32 Å². The lowest BCUT2D eigenvalue weighted by Gasteiger charge is -2.26. The van der Waals surface area contributed by atoms with Gasteiger partial charge in [0, 0.05) is 25.2 Å². The molecule has 0 saturated carbocycles. The molecule has 3 rings (SSSR count). The Bertz CT molecular complexity index is 952. The third-order valence-electron chi connectivity index (χ3n) is 4.84. The average Bonchev–Trinajstić information content (AvgIpc) is 2.74. The number of hydrogen-bond acceptors (Lipinski definition) is 5. The number of methoxy groups -OCH3 is 1. The molecular weight excluding hydrogens is 392 g/mol. The van der Waals surface area contributed by atoms with E-state index in [1.165, 1.54) is 28.6 Å². The summed E-state index contributed by atoms with van der Waals surface area (Å²) in [5.74, 6) is 0.550. The molecule has 1 saturated heterocycles. The highest BCUT2D eigenvalue weighted by atomic mass is 32.2. The van der Waals surface area contributed by atoms with Crippen LogP contribution in [0.15, 0.2) is 47.4 Å². The van der Waals surface area contributed by atoms with Gasteiger partial charge in [0.05, 0.1) is 25.2 Å². The highest BCUT2D eigenvalue weighted by molar-refractivity contribution is 7.89. The molecule has 156 valence electrons. The van der Waals surface area contributed by atoms with Crippen LogP contribution < -0.4 is 10.1 Å². The molecule has 1 fully saturated rings. The van der Waals surface area contributed by atoms with Gasteiger partial charge >= 0.3 is 0 Å². The first-order valence-electron chi connectivity index (χ1n) is 9.51. The zero-order valence-corrected chi connectivity index (χ0v) is 17.5. The number of nitrogens with one attached hydrogen (secondary N) is 1. The summed E-state index contributed by atoms with van der Waals surface area (Å²) in [5, 5.41) is 2.87. The topological polar surface area (TPSA) is 84.9 Å². The summed E-state index contributed by atoms with van der Waals surface area (Å²) in [6, 6.07) is 12.0. The number of nitrogens with zero attached hydrogens (tertiary/aromatic N) is 1. The minimum atomic E-state index is -3.56. The fourth-order valence-corrected chi connectivity index (χ4v) is 4.64. The van der Waals surface area contributed by atoms with Gasteiger partial charge in [0.2, 0.25) is 10.0 Å². The molecule has 1 aliphatic rings. The molecule has 0 aliphatic carbocycles. The third-order valence-corrected chi connectivity index (χ3v) is 6.75. The number of hydrogen-bond donors (Lipinski definition) is 1. The van der Waals surface area contributed by atoms with E-state index in [-0.39, 0.29) is 10.8 Å². The number of sulfonamides is 1. The fraction of sp³-hybridized carbons (Fsp3) is 0.381. The molecule has 0 unspecified atom stereocenters. The van der Waals surface area contributed by atoms with Crippen molar-refractivity contribution in [2.45, 2.75) is 18.2 Å². The summed E-state index contributed by atoms with van der Waals surface area (Å²) in [6.45, 7) is 3.93. The molecule has 29 heavy (non-hydrogen) atoms. The Hall–Kier alpha value is -2.42. The van der Waals surface area contributed by atoms with Crippen LogP contribution in [0.2, 0.25) is 0 Å². The van der Waals surface area contributed by atoms with Crippen molar-refractivity contribution in [2.75, 3.05) is 40.0 Å². The monoisotopic (exact) mass is 418 g/mol. The van der Waals surface area contributed by atoms with Crippen LogP contribution in [0.5, 0.6) is 5.75 Å². The van der Waals surface area contributed by atoms with Crippen LogP contribution >= 0.6 is 0 Å². The van der Waals surface area contributed by atoms with Crippen LogP contribution in [0.4, 0.5) is 0 Å². The van der Waals surface area contributed by atoms with Crippen LogP contribution in [0, 0.1) is 6.92 Å². The maximum absolute atomic E-state index is 12.6. The van der Waals surface area contributed by atoms with Crippen LogP contribution in [0.25, 0.3) is 0 Å². The van der Waals surface area contributed by atoms with Crippen LogP contribution in [0.3, 0.4) is 0 Å². The van der Waals surface area contributed by atoms with Gasteiger partial charge in [-0.25, -0.2) is 8.42 Å². The lowest BCUT2D eigenvalue weighted by atomic mass is 10.1. The first-order valence-corrected chi connectivity index (χ1v) is 11.0. The Balaban J connectivity index is 1.60. The van der Waals surface area contributed by atoms with Crippen molar-refractivity contribution < 1.29 is 22.7 Å². The molecule has 1 heterocycles. The lowest BCUT2D eigenvalue weighted by molar-refractivity contribution is 0.0730. The zero-order chi connectivity index (χ0) is 20.9. The summed E-state index contributed by atoms with van der Waals surface area (Å²) in [4.78, 5) is 12.6. The molecule has 0 bridgehead atoms. The Morgan fingerprint density at radius 3 is 2.48 bits per heavy atom. The number of benzene rings is 2. The quantitative estimate of drug-likeness (QED) is 0.743. The van der Waals surface area contributed by atoms with Gasteiger partial charge < -0.3 is 14.8 Å². The van der Waals surface area contributed by atoms with Crippen LogP contribution in [0.1, 0.15) is 21.5 Å². The van der Waals surface area contributed by atoms with Gasteiger partial charge in [0.15, 0.2) is 0 Å². The number of carbonyl (C=O) groups is 1. The molecule has 0 atom stereocenters. The van der Waals surface area contributed by atoms with E-state index < -0.39 is 10.0 Å². The predicted molar refractivity (Wildman–Crippen MR) is 110 cm³/mol. The van der Waals surface area contributed by atoms with Crippen molar-refractivity contribution in [3.05, 3.63) is 59.2 Å². The Kier molecular flexibility index (Phi) is 6.89. The maximum Gasteiger partial charge on any atom is 0.251 e. The van der Waals surface area contributed by atoms with Gasteiger partial charge in [0.1, 0.15) is 5.75 Å². The Labute approximate surface area is 171 Å². The minimum Gasteiger partial charge on any atom is -0.496 e. The van der Waals surface area contributed by atoms with E-state index in [4.69, 9.17) is 9.47 Å². The second kappa shape index (κ2) is 9.39. The van der Waals surface area contributed by atoms with Gasteiger partial charge in [-0.3, -0.25) is 4.79 Å². The minimum absolute atomic E-state index is 0.181. The molecular formula is C21H26N2O5S. The first kappa shape index (κ1) is 21.3.